The van der Waals surface area contributed by atoms with Crippen LogP contribution in [0.2, 0.25) is 0 Å². The van der Waals surface area contributed by atoms with Crippen LogP contribution in [0.1, 0.15) is 24.9 Å². The van der Waals surface area contributed by atoms with E-state index in [1.54, 1.807) is 7.11 Å². The standard InChI is InChI=1S/C16H21N3O2/c1-12(17-21-2)8-14-9-18(11-20)10-15-16(19(14)15)13-6-4-3-5-7-13/h3-7,11,14-16H,8-10H2,1-2H3/b17-12-/t14-,15-,16?,19?/m0/s1. The second-order valence-electron chi connectivity index (χ2n) is 5.80. The second-order valence-corrected chi connectivity index (χ2v) is 5.80. The van der Waals surface area contributed by atoms with Gasteiger partial charge in [0.25, 0.3) is 0 Å². The van der Waals surface area contributed by atoms with Gasteiger partial charge in [-0.3, -0.25) is 9.69 Å². The molecule has 2 heterocycles. The van der Waals surface area contributed by atoms with Crippen LogP contribution in [0, 0.1) is 0 Å². The van der Waals surface area contributed by atoms with Crippen molar-refractivity contribution in [3.8, 4) is 0 Å². The highest BCUT2D eigenvalue weighted by Gasteiger charge is 2.55. The van der Waals surface area contributed by atoms with E-state index in [-0.39, 0.29) is 0 Å². The van der Waals surface area contributed by atoms with E-state index in [2.05, 4.69) is 34.3 Å². The quantitative estimate of drug-likeness (QED) is 0.358. The molecule has 2 aliphatic heterocycles. The molecule has 2 unspecified atom stereocenters. The summed E-state index contributed by atoms with van der Waals surface area (Å²) in [5.41, 5.74) is 2.30. The molecule has 2 aliphatic rings. The van der Waals surface area contributed by atoms with Gasteiger partial charge in [-0.05, 0) is 12.5 Å². The van der Waals surface area contributed by atoms with Crippen LogP contribution in [0.15, 0.2) is 35.5 Å². The largest absolute Gasteiger partial charge is 0.399 e. The van der Waals surface area contributed by atoms with Crippen LogP contribution in [0.25, 0.3) is 0 Å². The van der Waals surface area contributed by atoms with Crippen LogP contribution >= 0.6 is 0 Å². The van der Waals surface area contributed by atoms with Crippen molar-refractivity contribution in [1.82, 2.24) is 9.80 Å². The van der Waals surface area contributed by atoms with E-state index >= 15 is 0 Å². The van der Waals surface area contributed by atoms with Gasteiger partial charge in [0, 0.05) is 31.6 Å². The van der Waals surface area contributed by atoms with Crippen molar-refractivity contribution in [2.75, 3.05) is 20.2 Å². The first-order chi connectivity index (χ1) is 10.2. The zero-order chi connectivity index (χ0) is 14.8. The lowest BCUT2D eigenvalue weighted by atomic mass is 10.1. The summed E-state index contributed by atoms with van der Waals surface area (Å²) >= 11 is 0. The maximum absolute atomic E-state index is 11.2. The average molecular weight is 287 g/mol. The van der Waals surface area contributed by atoms with Gasteiger partial charge in [0.15, 0.2) is 0 Å². The lowest BCUT2D eigenvalue weighted by Crippen LogP contribution is -2.44. The van der Waals surface area contributed by atoms with E-state index < -0.39 is 0 Å². The van der Waals surface area contributed by atoms with Crippen molar-refractivity contribution in [2.24, 2.45) is 5.16 Å². The molecule has 0 aromatic heterocycles. The van der Waals surface area contributed by atoms with Gasteiger partial charge in [-0.25, -0.2) is 0 Å². The molecule has 2 saturated heterocycles. The summed E-state index contributed by atoms with van der Waals surface area (Å²) in [5, 5.41) is 4.00. The maximum Gasteiger partial charge on any atom is 0.209 e. The number of fused-ring (bicyclic) bond motifs is 1. The van der Waals surface area contributed by atoms with Gasteiger partial charge in [-0.2, -0.15) is 0 Å². The van der Waals surface area contributed by atoms with E-state index in [1.165, 1.54) is 5.56 Å². The Morgan fingerprint density at radius 3 is 2.81 bits per heavy atom. The Morgan fingerprint density at radius 2 is 2.14 bits per heavy atom. The summed E-state index contributed by atoms with van der Waals surface area (Å²) in [6, 6.07) is 11.7. The molecule has 112 valence electrons. The van der Waals surface area contributed by atoms with E-state index in [1.807, 2.05) is 17.9 Å². The molecule has 4 atom stereocenters. The summed E-state index contributed by atoms with van der Waals surface area (Å²) in [6.07, 6.45) is 1.80. The fourth-order valence-electron chi connectivity index (χ4n) is 3.51. The number of carbonyl (C=O) groups is 1. The van der Waals surface area contributed by atoms with Crippen molar-refractivity contribution in [3.63, 3.8) is 0 Å². The first-order valence-electron chi connectivity index (χ1n) is 7.33. The Labute approximate surface area is 125 Å². The third-order valence-electron chi connectivity index (χ3n) is 4.34. The first kappa shape index (κ1) is 14.1. The summed E-state index contributed by atoms with van der Waals surface area (Å²) in [7, 11) is 1.56. The average Bonchev–Trinajstić information content (AvgIpc) is 3.22. The smallest absolute Gasteiger partial charge is 0.209 e. The van der Waals surface area contributed by atoms with Crippen LogP contribution < -0.4 is 0 Å². The number of hydrogen-bond acceptors (Lipinski definition) is 4. The second kappa shape index (κ2) is 5.85. The first-order valence-corrected chi connectivity index (χ1v) is 7.33. The number of piperazine rings is 1. The molecule has 0 bridgehead atoms. The monoisotopic (exact) mass is 287 g/mol. The Balaban J connectivity index is 1.77. The van der Waals surface area contributed by atoms with E-state index in [4.69, 9.17) is 4.84 Å². The van der Waals surface area contributed by atoms with Gasteiger partial charge in [-0.15, -0.1) is 0 Å². The highest BCUT2D eigenvalue weighted by Crippen LogP contribution is 2.48. The van der Waals surface area contributed by atoms with Gasteiger partial charge in [-0.1, -0.05) is 35.5 Å². The molecule has 0 spiro atoms. The molecule has 1 aromatic rings. The van der Waals surface area contributed by atoms with Crippen LogP contribution in [0.4, 0.5) is 0 Å². The molecule has 0 aliphatic carbocycles. The Hall–Kier alpha value is -1.88. The van der Waals surface area contributed by atoms with E-state index in [0.29, 0.717) is 18.1 Å². The Kier molecular flexibility index (Phi) is 3.92. The van der Waals surface area contributed by atoms with Gasteiger partial charge in [0.1, 0.15) is 7.11 Å². The third kappa shape index (κ3) is 2.78. The number of rotatable bonds is 5. The number of amides is 1. The van der Waals surface area contributed by atoms with Crippen molar-refractivity contribution >= 4 is 12.1 Å². The topological polar surface area (TPSA) is 44.9 Å². The molecule has 0 radical (unpaired) electrons. The lowest BCUT2D eigenvalue weighted by Gasteiger charge is -2.30. The minimum atomic E-state index is 0.318. The summed E-state index contributed by atoms with van der Waals surface area (Å²) in [6.45, 7) is 3.55. The minimum absolute atomic E-state index is 0.318. The molecule has 1 aromatic carbocycles. The van der Waals surface area contributed by atoms with Crippen molar-refractivity contribution in [3.05, 3.63) is 35.9 Å². The summed E-state index contributed by atoms with van der Waals surface area (Å²) in [5.74, 6) is 0. The number of carbonyl (C=O) groups excluding carboxylic acids is 1. The van der Waals surface area contributed by atoms with Gasteiger partial charge >= 0.3 is 0 Å². The SMILES string of the molecule is CO/N=C(/C)C[C@H]1CN(C=O)C[C@H]2C(c3ccccc3)N12. The van der Waals surface area contributed by atoms with Crippen LogP contribution in [-0.4, -0.2) is 54.2 Å². The molecule has 3 rings (SSSR count). The van der Waals surface area contributed by atoms with E-state index in [9.17, 15) is 4.79 Å². The van der Waals surface area contributed by atoms with Gasteiger partial charge < -0.3 is 9.74 Å². The predicted molar refractivity (Wildman–Crippen MR) is 81.0 cm³/mol. The number of hydrogen-bond donors (Lipinski definition) is 0. The Morgan fingerprint density at radius 1 is 1.38 bits per heavy atom. The molecule has 1 amide bonds. The van der Waals surface area contributed by atoms with Crippen LogP contribution in [-0.2, 0) is 9.63 Å². The number of benzene rings is 1. The van der Waals surface area contributed by atoms with Crippen molar-refractivity contribution in [2.45, 2.75) is 31.5 Å². The predicted octanol–water partition coefficient (Wildman–Crippen LogP) is 1.66. The van der Waals surface area contributed by atoms with Gasteiger partial charge in [0.2, 0.25) is 6.41 Å². The Bertz CT molecular complexity index is 532. The fraction of sp³-hybridized carbons (Fsp3) is 0.500. The van der Waals surface area contributed by atoms with Crippen molar-refractivity contribution < 1.29 is 9.63 Å². The molecule has 0 N–H and O–H groups in total. The normalized spacial score (nSPS) is 31.5. The highest BCUT2D eigenvalue weighted by atomic mass is 16.6. The lowest BCUT2D eigenvalue weighted by molar-refractivity contribution is -0.119. The van der Waals surface area contributed by atoms with Crippen LogP contribution in [0.5, 0.6) is 0 Å². The maximum atomic E-state index is 11.2. The zero-order valence-corrected chi connectivity index (χ0v) is 12.5. The van der Waals surface area contributed by atoms with E-state index in [0.717, 1.165) is 31.6 Å². The third-order valence-corrected chi connectivity index (χ3v) is 4.34. The summed E-state index contributed by atoms with van der Waals surface area (Å²) < 4.78 is 0. The molecule has 0 saturated carbocycles. The van der Waals surface area contributed by atoms with Gasteiger partial charge in [0.05, 0.1) is 11.8 Å². The number of nitrogens with zero attached hydrogens (tertiary/aromatic N) is 3. The summed E-state index contributed by atoms with van der Waals surface area (Å²) in [4.78, 5) is 20.4. The molecular formula is C16H21N3O2. The molecular weight excluding hydrogens is 266 g/mol. The minimum Gasteiger partial charge on any atom is -0.399 e. The van der Waals surface area contributed by atoms with Crippen molar-refractivity contribution in [1.29, 1.82) is 0 Å². The molecule has 5 heteroatoms. The molecule has 2 fully saturated rings. The fourth-order valence-corrected chi connectivity index (χ4v) is 3.51. The van der Waals surface area contributed by atoms with Crippen LogP contribution in [0.3, 0.4) is 0 Å². The zero-order valence-electron chi connectivity index (χ0n) is 12.5. The molecule has 21 heavy (non-hydrogen) atoms. The molecule has 5 nitrogen and oxygen atoms in total. The number of oxime groups is 1. The highest BCUT2D eigenvalue weighted by molar-refractivity contribution is 5.82.